The largest absolute Gasteiger partial charge is 0.370 e. The van der Waals surface area contributed by atoms with E-state index in [1.807, 2.05) is 19.1 Å². The zero-order valence-corrected chi connectivity index (χ0v) is 10.4. The Morgan fingerprint density at radius 2 is 2.05 bits per heavy atom. The molecule has 0 fully saturated rings. The van der Waals surface area contributed by atoms with E-state index in [0.29, 0.717) is 11.5 Å². The average Bonchev–Trinajstić information content (AvgIpc) is 2.42. The van der Waals surface area contributed by atoms with E-state index in [9.17, 15) is 4.39 Å². The molecule has 0 bridgehead atoms. The zero-order chi connectivity index (χ0) is 13.7. The van der Waals surface area contributed by atoms with Crippen LogP contribution in [0.4, 0.5) is 21.7 Å². The Bertz CT molecular complexity index is 619. The lowest BCUT2D eigenvalue weighted by Crippen LogP contribution is -2.01. The summed E-state index contributed by atoms with van der Waals surface area (Å²) in [5, 5.41) is 14.9. The van der Waals surface area contributed by atoms with Gasteiger partial charge in [0.15, 0.2) is 0 Å². The highest BCUT2D eigenvalue weighted by Gasteiger charge is 2.03. The first kappa shape index (κ1) is 12.8. The first-order valence-electron chi connectivity index (χ1n) is 5.90. The third-order valence-corrected chi connectivity index (χ3v) is 2.47. The van der Waals surface area contributed by atoms with Gasteiger partial charge in [-0.2, -0.15) is 5.26 Å². The number of nitrogens with zero attached hydrogens (tertiary/aromatic N) is 2. The van der Waals surface area contributed by atoms with Gasteiger partial charge in [0.05, 0.1) is 5.56 Å². The van der Waals surface area contributed by atoms with Crippen LogP contribution in [0.25, 0.3) is 0 Å². The predicted octanol–water partition coefficient (Wildman–Crippen LogP) is 3.27. The fourth-order valence-electron chi connectivity index (χ4n) is 1.62. The molecule has 2 rings (SSSR count). The molecule has 19 heavy (non-hydrogen) atoms. The van der Waals surface area contributed by atoms with Gasteiger partial charge in [-0.1, -0.05) is 6.07 Å². The van der Waals surface area contributed by atoms with E-state index in [1.54, 1.807) is 18.2 Å². The van der Waals surface area contributed by atoms with Crippen LogP contribution in [0.1, 0.15) is 12.5 Å². The Morgan fingerprint density at radius 1 is 1.26 bits per heavy atom. The lowest BCUT2D eigenvalue weighted by Gasteiger charge is -2.08. The second kappa shape index (κ2) is 5.83. The number of nitriles is 1. The molecule has 4 nitrogen and oxygen atoms in total. The summed E-state index contributed by atoms with van der Waals surface area (Å²) in [7, 11) is 0. The Labute approximate surface area is 110 Å². The maximum atomic E-state index is 13.2. The number of hydrogen-bond acceptors (Lipinski definition) is 4. The van der Waals surface area contributed by atoms with Crippen molar-refractivity contribution >= 4 is 17.3 Å². The number of aromatic nitrogens is 1. The van der Waals surface area contributed by atoms with Crippen LogP contribution >= 0.6 is 0 Å². The van der Waals surface area contributed by atoms with Crippen molar-refractivity contribution in [3.05, 3.63) is 47.8 Å². The minimum absolute atomic E-state index is 0.00726. The van der Waals surface area contributed by atoms with Crippen molar-refractivity contribution in [2.45, 2.75) is 6.92 Å². The van der Waals surface area contributed by atoms with Crippen molar-refractivity contribution in [2.24, 2.45) is 0 Å². The maximum absolute atomic E-state index is 13.2. The molecule has 0 unspecified atom stereocenters. The molecule has 96 valence electrons. The maximum Gasteiger partial charge on any atom is 0.141 e. The molecule has 1 aromatic heterocycles. The molecule has 0 amide bonds. The molecule has 5 heteroatoms. The van der Waals surface area contributed by atoms with Gasteiger partial charge in [-0.05, 0) is 37.3 Å². The SMILES string of the molecule is CCNc1cccc(Nc2ccc(F)c(C#N)c2)n1. The van der Waals surface area contributed by atoms with E-state index in [4.69, 9.17) is 5.26 Å². The molecule has 0 saturated carbocycles. The molecule has 0 atom stereocenters. The van der Waals surface area contributed by atoms with Gasteiger partial charge in [-0.25, -0.2) is 9.37 Å². The summed E-state index contributed by atoms with van der Waals surface area (Å²) >= 11 is 0. The van der Waals surface area contributed by atoms with E-state index in [1.165, 1.54) is 12.1 Å². The molecule has 0 saturated heterocycles. The minimum Gasteiger partial charge on any atom is -0.370 e. The standard InChI is InChI=1S/C14H13FN4/c1-2-17-13-4-3-5-14(19-13)18-11-6-7-12(15)10(8-11)9-16/h3-8H,2H2,1H3,(H2,17,18,19). The molecule has 0 aliphatic heterocycles. The molecular formula is C14H13FN4. The van der Waals surface area contributed by atoms with Crippen molar-refractivity contribution in [1.82, 2.24) is 4.98 Å². The first-order valence-corrected chi connectivity index (χ1v) is 5.90. The molecule has 2 N–H and O–H groups in total. The first-order chi connectivity index (χ1) is 9.22. The highest BCUT2D eigenvalue weighted by atomic mass is 19.1. The summed E-state index contributed by atoms with van der Waals surface area (Å²) in [6.07, 6.45) is 0. The molecule has 0 aliphatic rings. The number of rotatable bonds is 4. The number of pyridine rings is 1. The number of halogens is 1. The van der Waals surface area contributed by atoms with Gasteiger partial charge in [0, 0.05) is 12.2 Å². The van der Waals surface area contributed by atoms with Crippen LogP contribution in [-0.2, 0) is 0 Å². The van der Waals surface area contributed by atoms with Gasteiger partial charge in [0.25, 0.3) is 0 Å². The van der Waals surface area contributed by atoms with Crippen LogP contribution in [0, 0.1) is 17.1 Å². The average molecular weight is 256 g/mol. The fraction of sp³-hybridized carbons (Fsp3) is 0.143. The van der Waals surface area contributed by atoms with Crippen molar-refractivity contribution in [3.8, 4) is 6.07 Å². The third-order valence-electron chi connectivity index (χ3n) is 2.47. The van der Waals surface area contributed by atoms with E-state index in [0.717, 1.165) is 12.4 Å². The van der Waals surface area contributed by atoms with E-state index >= 15 is 0 Å². The number of hydrogen-bond donors (Lipinski definition) is 2. The van der Waals surface area contributed by atoms with E-state index in [2.05, 4.69) is 15.6 Å². The van der Waals surface area contributed by atoms with Gasteiger partial charge >= 0.3 is 0 Å². The van der Waals surface area contributed by atoms with Crippen LogP contribution in [0.2, 0.25) is 0 Å². The summed E-state index contributed by atoms with van der Waals surface area (Å²) in [5.41, 5.74) is 0.631. The quantitative estimate of drug-likeness (QED) is 0.881. The summed E-state index contributed by atoms with van der Waals surface area (Å²) in [6.45, 7) is 2.77. The van der Waals surface area contributed by atoms with Crippen LogP contribution < -0.4 is 10.6 Å². The number of benzene rings is 1. The Morgan fingerprint density at radius 3 is 2.79 bits per heavy atom. The molecule has 2 aromatic rings. The molecule has 1 heterocycles. The fourth-order valence-corrected chi connectivity index (χ4v) is 1.62. The summed E-state index contributed by atoms with van der Waals surface area (Å²) in [6, 6.07) is 11.6. The molecule has 0 aliphatic carbocycles. The topological polar surface area (TPSA) is 60.7 Å². The normalized spacial score (nSPS) is 9.74. The van der Waals surface area contributed by atoms with Crippen molar-refractivity contribution in [2.75, 3.05) is 17.2 Å². The monoisotopic (exact) mass is 256 g/mol. The van der Waals surface area contributed by atoms with Gasteiger partial charge < -0.3 is 10.6 Å². The molecular weight excluding hydrogens is 243 g/mol. The van der Waals surface area contributed by atoms with Gasteiger partial charge in [0.2, 0.25) is 0 Å². The van der Waals surface area contributed by atoms with E-state index in [-0.39, 0.29) is 5.56 Å². The van der Waals surface area contributed by atoms with Crippen LogP contribution in [0.15, 0.2) is 36.4 Å². The van der Waals surface area contributed by atoms with E-state index < -0.39 is 5.82 Å². The predicted molar refractivity (Wildman–Crippen MR) is 72.8 cm³/mol. The van der Waals surface area contributed by atoms with Gasteiger partial charge in [0.1, 0.15) is 23.5 Å². The summed E-state index contributed by atoms with van der Waals surface area (Å²) in [4.78, 5) is 4.34. The Balaban J connectivity index is 2.21. The molecule has 0 radical (unpaired) electrons. The van der Waals surface area contributed by atoms with Crippen molar-refractivity contribution in [3.63, 3.8) is 0 Å². The van der Waals surface area contributed by atoms with Gasteiger partial charge in [-0.3, -0.25) is 0 Å². The van der Waals surface area contributed by atoms with Crippen LogP contribution in [0.5, 0.6) is 0 Å². The third kappa shape index (κ3) is 3.19. The second-order valence-electron chi connectivity index (χ2n) is 3.87. The summed E-state index contributed by atoms with van der Waals surface area (Å²) < 4.78 is 13.2. The van der Waals surface area contributed by atoms with Crippen LogP contribution in [0.3, 0.4) is 0 Å². The lowest BCUT2D eigenvalue weighted by atomic mass is 10.2. The second-order valence-corrected chi connectivity index (χ2v) is 3.87. The van der Waals surface area contributed by atoms with Crippen LogP contribution in [-0.4, -0.2) is 11.5 Å². The molecule has 0 spiro atoms. The van der Waals surface area contributed by atoms with Crippen molar-refractivity contribution < 1.29 is 4.39 Å². The number of nitrogens with one attached hydrogen (secondary N) is 2. The number of anilines is 3. The highest BCUT2D eigenvalue weighted by Crippen LogP contribution is 2.19. The zero-order valence-electron chi connectivity index (χ0n) is 10.4. The molecule has 1 aromatic carbocycles. The Kier molecular flexibility index (Phi) is 3.94. The minimum atomic E-state index is -0.526. The Hall–Kier alpha value is -2.61. The smallest absolute Gasteiger partial charge is 0.141 e. The lowest BCUT2D eigenvalue weighted by molar-refractivity contribution is 0.624. The van der Waals surface area contributed by atoms with Gasteiger partial charge in [-0.15, -0.1) is 0 Å². The summed E-state index contributed by atoms with van der Waals surface area (Å²) in [5.74, 6) is 0.867. The van der Waals surface area contributed by atoms with Crippen molar-refractivity contribution in [1.29, 1.82) is 5.26 Å². The highest BCUT2D eigenvalue weighted by molar-refractivity contribution is 5.60.